The van der Waals surface area contributed by atoms with Crippen LogP contribution in [-0.4, -0.2) is 109 Å². The van der Waals surface area contributed by atoms with Gasteiger partial charge in [-0.3, -0.25) is 9.59 Å². The first kappa shape index (κ1) is 70.5. The minimum atomic E-state index is -1.98. The van der Waals surface area contributed by atoms with E-state index in [0.29, 0.717) is 85.2 Å². The Balaban J connectivity index is 0.945. The third-order valence-electron chi connectivity index (χ3n) is 26.8. The molecule has 3 fully saturated rings. The molecule has 1 aromatic heterocycles. The molecular formula is C92H94N4O11. The van der Waals surface area contributed by atoms with E-state index in [0.717, 1.165) is 74.9 Å². The first-order chi connectivity index (χ1) is 52.0. The summed E-state index contributed by atoms with van der Waals surface area (Å²) in [4.78, 5) is 34.9. The lowest BCUT2D eigenvalue weighted by molar-refractivity contribution is -0.142. The van der Waals surface area contributed by atoms with Crippen molar-refractivity contribution >= 4 is 28.0 Å². The molecule has 107 heavy (non-hydrogen) atoms. The lowest BCUT2D eigenvalue weighted by Gasteiger charge is -2.42. The highest BCUT2D eigenvalue weighted by Gasteiger charge is 2.50. The number of phenolic OH excluding ortho intramolecular Hbond substituents is 3. The number of β-amino-alcohol motifs (C(OH)–C–C–N with tert-alkyl or cyclic N) is 1. The topological polar surface area (TPSA) is 257 Å². The number of benzene rings is 5. The molecule has 19 bridgehead atoms. The van der Waals surface area contributed by atoms with Crippen LogP contribution < -0.4 is 20.7 Å². The number of aliphatic hydroxyl groups is 5. The summed E-state index contributed by atoms with van der Waals surface area (Å²) in [5, 5.41) is 111. The number of methoxy groups -OCH3 is 1. The molecule has 4 heterocycles. The Morgan fingerprint density at radius 3 is 2.37 bits per heavy atom. The zero-order valence-electron chi connectivity index (χ0n) is 60.6. The van der Waals surface area contributed by atoms with Crippen molar-refractivity contribution in [1.82, 2.24) is 15.6 Å². The van der Waals surface area contributed by atoms with Crippen LogP contribution in [0.3, 0.4) is 0 Å². The maximum absolute atomic E-state index is 16.2. The largest absolute Gasteiger partial charge is 0.508 e. The minimum Gasteiger partial charge on any atom is -0.508 e. The standard InChI is InChI=1S/C92H94N4O11/c1-49-46-93-48-86(101)70-15-6-9-52-18-26-69-81(49)47-95-82(69)45-84(99)65-24-16-51-34-73-56(39-75(52)79(73)35-51)21-28-72-68(30-31-94-91(72)96-61-23-17-53-19-27-71(70)88(102)78(53)43-61)64-14-7-10-54-36-59(41-80(92(105)106)74(54)33-50-8-5-11-62(97)32-50)63-12-3-4-13-66(63)67-25-20-55-37-58(64)38-60(65)40-77(55)89(103)90(104)83(98)29-22-57-42-87(107-2)85(100)44-76(57)67/h3-5,8,11-13,17,19,23,27,30,32,39,42-44,47,49,51-52,54-56,58-60,64-65,67,70,73-74,77,79-80,84,86,90,92-97,99-102,104-106H,14-16,22,24,29,31,33-38,40-41,45-46,48H2,1-2H3/t49-,51+,52+,54-,55-,56-,58+,59+,60-,64+,65+,67+,70-,73-,74-,77+,79-,80-,84-,86-,90+/m1/s1. The van der Waals surface area contributed by atoms with Crippen molar-refractivity contribution in [2.45, 2.75) is 152 Å². The number of aromatic amines is 1. The second kappa shape index (κ2) is 29.3. The molecule has 11 aliphatic rings. The maximum atomic E-state index is 16.2. The first-order valence-electron chi connectivity index (χ1n) is 39.1. The molecule has 0 spiro atoms. The summed E-state index contributed by atoms with van der Waals surface area (Å²) < 4.78 is 5.76. The second-order valence-corrected chi connectivity index (χ2v) is 32.8. The Labute approximate surface area is 626 Å². The number of ether oxygens (including phenoxy) is 1. The van der Waals surface area contributed by atoms with Crippen LogP contribution in [0.1, 0.15) is 158 Å². The number of H-pyrrole nitrogens is 1. The predicted octanol–water partition coefficient (Wildman–Crippen LogP) is 11.4. The molecule has 15 heteroatoms. The number of phenols is 3. The van der Waals surface area contributed by atoms with Gasteiger partial charge >= 0.3 is 0 Å². The number of aryl methyl sites for hydroxylation is 1. The van der Waals surface area contributed by atoms with Crippen LogP contribution in [-0.2, 0) is 28.9 Å². The average molecular weight is 1430 g/mol. The number of rotatable bonds is 4. The molecule has 21 atom stereocenters. The molecule has 3 aliphatic heterocycles. The van der Waals surface area contributed by atoms with Gasteiger partial charge in [-0.25, -0.2) is 0 Å². The number of fused-ring (bicyclic) bond motifs is 18. The van der Waals surface area contributed by atoms with Crippen molar-refractivity contribution in [3.05, 3.63) is 182 Å². The minimum absolute atomic E-state index is 0.0591. The number of Topliss-reactive ketones (excluding diaryl/α,β-unsaturated/α-hetero) is 2. The van der Waals surface area contributed by atoms with Crippen LogP contribution in [0.25, 0.3) is 10.8 Å². The van der Waals surface area contributed by atoms with Crippen LogP contribution in [0.2, 0.25) is 0 Å². The second-order valence-electron chi connectivity index (χ2n) is 32.8. The van der Waals surface area contributed by atoms with Gasteiger partial charge in [0, 0.05) is 115 Å². The van der Waals surface area contributed by atoms with Gasteiger partial charge in [0.25, 0.3) is 0 Å². The number of anilines is 1. The number of aromatic hydroxyl groups is 3. The summed E-state index contributed by atoms with van der Waals surface area (Å²) in [6.45, 7) is 3.23. The zero-order chi connectivity index (χ0) is 73.5. The number of aliphatic hydroxyl groups excluding tert-OH is 4. The van der Waals surface area contributed by atoms with Crippen molar-refractivity contribution in [2.24, 2.45) is 82.9 Å². The smallest absolute Gasteiger partial charge is 0.173 e. The van der Waals surface area contributed by atoms with Crippen molar-refractivity contribution < 1.29 is 55.2 Å². The van der Waals surface area contributed by atoms with E-state index in [9.17, 15) is 40.9 Å². The molecule has 15 nitrogen and oxygen atoms in total. The average Bonchev–Trinajstić information content (AvgIpc) is 1.73. The quantitative estimate of drug-likeness (QED) is 0.0339. The van der Waals surface area contributed by atoms with E-state index >= 15 is 9.59 Å². The van der Waals surface area contributed by atoms with Gasteiger partial charge in [-0.2, -0.15) is 0 Å². The van der Waals surface area contributed by atoms with Gasteiger partial charge in [-0.05, 0) is 210 Å². The number of hydrogen-bond acceptors (Lipinski definition) is 14. The van der Waals surface area contributed by atoms with E-state index in [4.69, 9.17) is 4.74 Å². The number of aromatic nitrogens is 1. The molecule has 5 aromatic carbocycles. The number of ketones is 2. The number of carbonyl (C=O) groups is 2. The fourth-order valence-electron chi connectivity index (χ4n) is 21.4. The summed E-state index contributed by atoms with van der Waals surface area (Å²) >= 11 is 0. The lowest BCUT2D eigenvalue weighted by atomic mass is 9.63. The molecule has 0 saturated heterocycles. The van der Waals surface area contributed by atoms with Gasteiger partial charge in [0.15, 0.2) is 35.5 Å². The Morgan fingerprint density at radius 2 is 1.52 bits per heavy atom. The summed E-state index contributed by atoms with van der Waals surface area (Å²) in [6.07, 6.45) is 7.10. The molecule has 0 radical (unpaired) electrons. The first-order valence-corrected chi connectivity index (χ1v) is 39.1. The van der Waals surface area contributed by atoms with Gasteiger partial charge in [-0.15, -0.1) is 11.8 Å². The van der Waals surface area contributed by atoms with Gasteiger partial charge in [0.2, 0.25) is 0 Å². The number of dihydropyridines is 1. The number of nitrogens with one attached hydrogen (secondary N) is 4. The molecule has 548 valence electrons. The van der Waals surface area contributed by atoms with Crippen LogP contribution in [0.4, 0.5) is 5.69 Å². The van der Waals surface area contributed by atoms with Crippen LogP contribution in [0.5, 0.6) is 23.0 Å². The van der Waals surface area contributed by atoms with Gasteiger partial charge < -0.3 is 66.5 Å². The molecule has 0 unspecified atom stereocenters. The highest BCUT2D eigenvalue weighted by atomic mass is 16.5. The maximum Gasteiger partial charge on any atom is 0.173 e. The Kier molecular flexibility index (Phi) is 19.3. The number of hydrogen-bond donors (Lipinski definition) is 12. The number of carbonyl (C=O) groups excluding carboxylic acids is 2. The predicted molar refractivity (Wildman–Crippen MR) is 409 cm³/mol. The van der Waals surface area contributed by atoms with E-state index in [1.165, 1.54) is 7.11 Å². The molecule has 3 saturated carbocycles. The van der Waals surface area contributed by atoms with Crippen LogP contribution >= 0.6 is 0 Å². The molecule has 6 aromatic rings. The van der Waals surface area contributed by atoms with E-state index in [-0.39, 0.29) is 115 Å². The Morgan fingerprint density at radius 1 is 0.682 bits per heavy atom. The summed E-state index contributed by atoms with van der Waals surface area (Å²) in [6, 6.07) is 28.5. The van der Waals surface area contributed by atoms with Crippen LogP contribution in [0, 0.1) is 142 Å². The SMILES string of the molecule is COc1cc2c(cc1O)[C@H]1C#C[C@@H]3C[C@H]4C[C@H](C[C@@H]3C(=O)[C@@H](O)C(=O)CC2)[C@@H]2CC[C@H]3C[C@@H]5[C@@H]6C#CC7=C(NCC=C7[C@H]4CC#C[C@@H]4C[C@@H](C[C@@H](C(O)O)[C@@H]4Cc4cccc(O)c4)c4ccccc41)Nc1ccc4ccc(c(O)c4c1)[C@H]1CC#C[C@@H](C#Cc4c(c[nH]c4C[C@H]2O)[C@H](C)CNC[C@H]1O)C(=C6)[C@@H]5C3. The van der Waals surface area contributed by atoms with E-state index in [1.807, 2.05) is 60.8 Å². The molecular weight excluding hydrogens is 1340 g/mol. The number of allylic oxidation sites excluding steroid dienone is 4. The molecule has 8 aliphatic carbocycles. The van der Waals surface area contributed by atoms with Crippen molar-refractivity contribution in [1.29, 1.82) is 0 Å². The van der Waals surface area contributed by atoms with Gasteiger partial charge in [0.1, 0.15) is 23.2 Å². The zero-order valence-corrected chi connectivity index (χ0v) is 60.6. The monoisotopic (exact) mass is 1430 g/mol. The van der Waals surface area contributed by atoms with E-state index < -0.39 is 95.3 Å². The summed E-state index contributed by atoms with van der Waals surface area (Å²) in [7, 11) is 1.47. The highest BCUT2D eigenvalue weighted by Crippen LogP contribution is 2.56. The van der Waals surface area contributed by atoms with E-state index in [2.05, 4.69) is 111 Å². The Hall–Kier alpha value is -9.44. The summed E-state index contributed by atoms with van der Waals surface area (Å²) in [5.74, 6) is 31.0. The normalized spacial score (nSPS) is 33.3. The fraction of sp³-hybridized carbons (Fsp3) is 0.457. The molecule has 17 rings (SSSR count). The fourth-order valence-corrected chi connectivity index (χ4v) is 21.4. The molecule has 0 amide bonds. The van der Waals surface area contributed by atoms with Crippen LogP contribution in [0.15, 0.2) is 132 Å². The Bertz CT molecular complexity index is 5000. The molecule has 12 N–H and O–H groups in total. The summed E-state index contributed by atoms with van der Waals surface area (Å²) in [5.41, 5.74) is 10.5. The van der Waals surface area contributed by atoms with Crippen molar-refractivity contribution in [3.63, 3.8) is 0 Å². The van der Waals surface area contributed by atoms with Crippen molar-refractivity contribution in [2.75, 3.05) is 32.1 Å². The van der Waals surface area contributed by atoms with Gasteiger partial charge in [-0.1, -0.05) is 127 Å². The lowest BCUT2D eigenvalue weighted by Crippen LogP contribution is -2.40. The van der Waals surface area contributed by atoms with Crippen molar-refractivity contribution in [3.8, 4) is 82.2 Å². The highest BCUT2D eigenvalue weighted by molar-refractivity contribution is 6.06. The third kappa shape index (κ3) is 13.4. The van der Waals surface area contributed by atoms with E-state index in [1.54, 1.807) is 24.3 Å². The van der Waals surface area contributed by atoms with Gasteiger partial charge in [0.05, 0.1) is 30.8 Å². The third-order valence-corrected chi connectivity index (χ3v) is 26.8.